The van der Waals surface area contributed by atoms with Crippen molar-refractivity contribution in [2.75, 3.05) is 0 Å². The SMILES string of the molecule is Cc1nnc(OCc2ccccc2)c(C#N)c1C. The minimum atomic E-state index is 0.296. The first-order valence-electron chi connectivity index (χ1n) is 5.63. The molecular weight excluding hydrogens is 226 g/mol. The van der Waals surface area contributed by atoms with Crippen molar-refractivity contribution in [3.8, 4) is 11.9 Å². The Morgan fingerprint density at radius 2 is 1.89 bits per heavy atom. The maximum atomic E-state index is 9.12. The highest BCUT2D eigenvalue weighted by Crippen LogP contribution is 2.20. The molecule has 0 aliphatic rings. The Hall–Kier alpha value is -2.41. The first-order chi connectivity index (χ1) is 8.72. The lowest BCUT2D eigenvalue weighted by Gasteiger charge is -2.08. The molecule has 4 nitrogen and oxygen atoms in total. The molecule has 0 atom stereocenters. The van der Waals surface area contributed by atoms with Gasteiger partial charge in [0.15, 0.2) is 0 Å². The summed E-state index contributed by atoms with van der Waals surface area (Å²) in [7, 11) is 0. The largest absolute Gasteiger partial charge is 0.471 e. The van der Waals surface area contributed by atoms with Gasteiger partial charge in [0, 0.05) is 0 Å². The normalized spacial score (nSPS) is 9.83. The standard InChI is InChI=1S/C14H13N3O/c1-10-11(2)16-17-14(13(10)8-15)18-9-12-6-4-3-5-7-12/h3-7H,9H2,1-2H3. The fourth-order valence-electron chi connectivity index (χ4n) is 1.55. The van der Waals surface area contributed by atoms with Crippen molar-refractivity contribution in [2.24, 2.45) is 0 Å². The van der Waals surface area contributed by atoms with E-state index in [4.69, 9.17) is 10.00 Å². The summed E-state index contributed by atoms with van der Waals surface area (Å²) in [4.78, 5) is 0. The second kappa shape index (κ2) is 5.28. The van der Waals surface area contributed by atoms with Crippen LogP contribution in [0.25, 0.3) is 0 Å². The highest BCUT2D eigenvalue weighted by Gasteiger charge is 2.11. The van der Waals surface area contributed by atoms with E-state index in [0.29, 0.717) is 18.1 Å². The smallest absolute Gasteiger partial charge is 0.252 e. The van der Waals surface area contributed by atoms with Crippen LogP contribution in [0.3, 0.4) is 0 Å². The van der Waals surface area contributed by atoms with Gasteiger partial charge in [-0.2, -0.15) is 10.4 Å². The minimum absolute atomic E-state index is 0.296. The van der Waals surface area contributed by atoms with Gasteiger partial charge in [0.2, 0.25) is 0 Å². The molecule has 18 heavy (non-hydrogen) atoms. The number of rotatable bonds is 3. The van der Waals surface area contributed by atoms with E-state index in [1.165, 1.54) is 0 Å². The van der Waals surface area contributed by atoms with Gasteiger partial charge in [0.1, 0.15) is 18.2 Å². The second-order valence-corrected chi connectivity index (χ2v) is 3.98. The Morgan fingerprint density at radius 1 is 1.17 bits per heavy atom. The summed E-state index contributed by atoms with van der Waals surface area (Å²) in [6.07, 6.45) is 0. The number of hydrogen-bond donors (Lipinski definition) is 0. The zero-order valence-corrected chi connectivity index (χ0v) is 10.3. The topological polar surface area (TPSA) is 58.8 Å². The molecule has 0 aliphatic carbocycles. The van der Waals surface area contributed by atoms with Crippen molar-refractivity contribution in [2.45, 2.75) is 20.5 Å². The molecule has 0 amide bonds. The second-order valence-electron chi connectivity index (χ2n) is 3.98. The van der Waals surface area contributed by atoms with Gasteiger partial charge in [-0.3, -0.25) is 0 Å². The van der Waals surface area contributed by atoms with E-state index in [-0.39, 0.29) is 0 Å². The van der Waals surface area contributed by atoms with Crippen LogP contribution in [0.5, 0.6) is 5.88 Å². The maximum absolute atomic E-state index is 9.12. The van der Waals surface area contributed by atoms with E-state index in [0.717, 1.165) is 16.8 Å². The van der Waals surface area contributed by atoms with Crippen LogP contribution in [-0.4, -0.2) is 10.2 Å². The van der Waals surface area contributed by atoms with Gasteiger partial charge in [-0.05, 0) is 25.0 Å². The van der Waals surface area contributed by atoms with Gasteiger partial charge in [-0.15, -0.1) is 5.10 Å². The molecule has 0 aliphatic heterocycles. The number of nitriles is 1. The van der Waals surface area contributed by atoms with E-state index < -0.39 is 0 Å². The Balaban J connectivity index is 2.21. The van der Waals surface area contributed by atoms with Crippen LogP contribution in [0.2, 0.25) is 0 Å². The minimum Gasteiger partial charge on any atom is -0.471 e. The Labute approximate surface area is 106 Å². The zero-order valence-electron chi connectivity index (χ0n) is 10.3. The van der Waals surface area contributed by atoms with Crippen LogP contribution in [0.4, 0.5) is 0 Å². The lowest BCUT2D eigenvalue weighted by atomic mass is 10.1. The van der Waals surface area contributed by atoms with E-state index in [9.17, 15) is 0 Å². The number of aryl methyl sites for hydroxylation is 1. The lowest BCUT2D eigenvalue weighted by molar-refractivity contribution is 0.288. The molecule has 1 aromatic heterocycles. The lowest BCUT2D eigenvalue weighted by Crippen LogP contribution is -2.04. The van der Waals surface area contributed by atoms with Crippen LogP contribution in [0, 0.1) is 25.2 Å². The molecule has 0 fully saturated rings. The zero-order chi connectivity index (χ0) is 13.0. The summed E-state index contributed by atoms with van der Waals surface area (Å²) < 4.78 is 5.55. The predicted molar refractivity (Wildman–Crippen MR) is 67.0 cm³/mol. The number of nitrogens with zero attached hydrogens (tertiary/aromatic N) is 3. The molecule has 0 radical (unpaired) electrons. The first-order valence-corrected chi connectivity index (χ1v) is 5.63. The fraction of sp³-hybridized carbons (Fsp3) is 0.214. The molecule has 2 aromatic rings. The Kier molecular flexibility index (Phi) is 3.54. The van der Waals surface area contributed by atoms with Crippen LogP contribution in [0.1, 0.15) is 22.4 Å². The van der Waals surface area contributed by atoms with Crippen molar-refractivity contribution >= 4 is 0 Å². The van der Waals surface area contributed by atoms with E-state index in [2.05, 4.69) is 16.3 Å². The van der Waals surface area contributed by atoms with Crippen LogP contribution >= 0.6 is 0 Å². The summed E-state index contributed by atoms with van der Waals surface area (Å²) in [5.74, 6) is 0.296. The van der Waals surface area contributed by atoms with Crippen molar-refractivity contribution in [3.63, 3.8) is 0 Å². The predicted octanol–water partition coefficient (Wildman–Crippen LogP) is 2.54. The monoisotopic (exact) mass is 239 g/mol. The van der Waals surface area contributed by atoms with Crippen LogP contribution in [0.15, 0.2) is 30.3 Å². The number of benzene rings is 1. The molecule has 0 bridgehead atoms. The van der Waals surface area contributed by atoms with Gasteiger partial charge in [-0.25, -0.2) is 0 Å². The van der Waals surface area contributed by atoms with Gasteiger partial charge in [0.25, 0.3) is 5.88 Å². The molecule has 0 spiro atoms. The highest BCUT2D eigenvalue weighted by atomic mass is 16.5. The maximum Gasteiger partial charge on any atom is 0.252 e. The molecule has 1 aromatic carbocycles. The third-order valence-corrected chi connectivity index (χ3v) is 2.75. The van der Waals surface area contributed by atoms with Crippen LogP contribution in [-0.2, 0) is 6.61 Å². The number of hydrogen-bond acceptors (Lipinski definition) is 4. The first kappa shape index (κ1) is 12.1. The average molecular weight is 239 g/mol. The molecule has 0 N–H and O–H groups in total. The molecule has 2 rings (SSSR count). The number of aromatic nitrogens is 2. The van der Waals surface area contributed by atoms with Gasteiger partial charge < -0.3 is 4.74 Å². The average Bonchev–Trinajstić information content (AvgIpc) is 2.41. The molecule has 1 heterocycles. The summed E-state index contributed by atoms with van der Waals surface area (Å²) >= 11 is 0. The molecule has 90 valence electrons. The summed E-state index contributed by atoms with van der Waals surface area (Å²) in [5.41, 5.74) is 3.05. The van der Waals surface area contributed by atoms with E-state index in [1.807, 2.05) is 44.2 Å². The summed E-state index contributed by atoms with van der Waals surface area (Å²) in [5, 5.41) is 17.0. The van der Waals surface area contributed by atoms with Crippen molar-refractivity contribution in [1.29, 1.82) is 5.26 Å². The molecule has 0 saturated carbocycles. The number of ether oxygens (including phenoxy) is 1. The third-order valence-electron chi connectivity index (χ3n) is 2.75. The summed E-state index contributed by atoms with van der Waals surface area (Å²) in [6.45, 7) is 4.05. The fourth-order valence-corrected chi connectivity index (χ4v) is 1.55. The van der Waals surface area contributed by atoms with E-state index in [1.54, 1.807) is 0 Å². The van der Waals surface area contributed by atoms with E-state index >= 15 is 0 Å². The van der Waals surface area contributed by atoms with Gasteiger partial charge in [-0.1, -0.05) is 30.3 Å². The molecule has 0 unspecified atom stereocenters. The van der Waals surface area contributed by atoms with Crippen molar-refractivity contribution < 1.29 is 4.74 Å². The Morgan fingerprint density at radius 3 is 2.56 bits per heavy atom. The van der Waals surface area contributed by atoms with Crippen molar-refractivity contribution in [3.05, 3.63) is 52.7 Å². The van der Waals surface area contributed by atoms with Crippen molar-refractivity contribution in [1.82, 2.24) is 10.2 Å². The van der Waals surface area contributed by atoms with Crippen LogP contribution < -0.4 is 4.74 Å². The van der Waals surface area contributed by atoms with Gasteiger partial charge in [0.05, 0.1) is 5.69 Å². The third kappa shape index (κ3) is 2.46. The molecular formula is C14H13N3O. The molecule has 0 saturated heterocycles. The quantitative estimate of drug-likeness (QED) is 0.825. The van der Waals surface area contributed by atoms with Gasteiger partial charge >= 0.3 is 0 Å². The molecule has 4 heteroatoms. The summed E-state index contributed by atoms with van der Waals surface area (Å²) in [6, 6.07) is 11.9. The Bertz CT molecular complexity index is 588. The highest BCUT2D eigenvalue weighted by molar-refractivity contribution is 5.44.